The number of piperazine rings is 1. The van der Waals surface area contributed by atoms with Crippen LogP contribution in [-0.4, -0.2) is 49.1 Å². The average Bonchev–Trinajstić information content (AvgIpc) is 2.80. The van der Waals surface area contributed by atoms with E-state index in [1.165, 1.54) is 19.3 Å². The van der Waals surface area contributed by atoms with E-state index in [1.807, 2.05) is 59.5 Å². The Bertz CT molecular complexity index is 839. The first-order valence-corrected chi connectivity index (χ1v) is 11.0. The molecule has 6 heteroatoms. The molecule has 0 unspecified atom stereocenters. The van der Waals surface area contributed by atoms with Crippen LogP contribution in [0.15, 0.2) is 54.6 Å². The molecule has 6 nitrogen and oxygen atoms in total. The zero-order valence-electron chi connectivity index (χ0n) is 17.3. The molecule has 0 bridgehead atoms. The number of anilines is 2. The van der Waals surface area contributed by atoms with Crippen molar-refractivity contribution in [3.63, 3.8) is 0 Å². The summed E-state index contributed by atoms with van der Waals surface area (Å²) in [6.07, 6.45) is 5.82. The molecular formula is C24H30N4O2. The van der Waals surface area contributed by atoms with E-state index >= 15 is 0 Å². The molecule has 2 aromatic carbocycles. The van der Waals surface area contributed by atoms with Crippen LogP contribution in [0.25, 0.3) is 0 Å². The van der Waals surface area contributed by atoms with Crippen LogP contribution in [0.2, 0.25) is 0 Å². The van der Waals surface area contributed by atoms with Crippen LogP contribution in [0.1, 0.15) is 42.5 Å². The molecule has 2 aromatic rings. The quantitative estimate of drug-likeness (QED) is 0.803. The van der Waals surface area contributed by atoms with E-state index in [0.717, 1.165) is 42.9 Å². The van der Waals surface area contributed by atoms with Crippen molar-refractivity contribution in [1.29, 1.82) is 0 Å². The number of carbonyl (C=O) groups excluding carboxylic acids is 2. The van der Waals surface area contributed by atoms with E-state index in [0.29, 0.717) is 19.1 Å². The Labute approximate surface area is 178 Å². The van der Waals surface area contributed by atoms with E-state index in [2.05, 4.69) is 15.5 Å². The molecule has 2 aliphatic rings. The summed E-state index contributed by atoms with van der Waals surface area (Å²) in [4.78, 5) is 29.0. The van der Waals surface area contributed by atoms with Gasteiger partial charge in [0.1, 0.15) is 0 Å². The first-order valence-electron chi connectivity index (χ1n) is 11.0. The van der Waals surface area contributed by atoms with Crippen LogP contribution in [0.4, 0.5) is 16.2 Å². The van der Waals surface area contributed by atoms with Gasteiger partial charge >= 0.3 is 6.03 Å². The van der Waals surface area contributed by atoms with Crippen LogP contribution in [-0.2, 0) is 0 Å². The molecular weight excluding hydrogens is 376 g/mol. The summed E-state index contributed by atoms with van der Waals surface area (Å²) in [7, 11) is 0. The molecule has 1 aliphatic heterocycles. The second kappa shape index (κ2) is 9.65. The lowest BCUT2D eigenvalue weighted by molar-refractivity contribution is 0.0747. The number of nitrogens with zero attached hydrogens (tertiary/aromatic N) is 2. The van der Waals surface area contributed by atoms with Crippen molar-refractivity contribution in [3.05, 3.63) is 60.2 Å². The standard InChI is InChI=1S/C24H30N4O2/c29-23(19-7-3-1-4-8-19)28-17-15-27(16-18-28)22-13-11-21(12-14-22)26-24(30)25-20-9-5-2-6-10-20/h1,3-4,7-8,11-14,20H,2,5-6,9-10,15-18H2,(H2,25,26,30). The molecule has 0 atom stereocenters. The van der Waals surface area contributed by atoms with Gasteiger partial charge in [-0.15, -0.1) is 0 Å². The minimum absolute atomic E-state index is 0.0961. The van der Waals surface area contributed by atoms with Gasteiger partial charge in [0.2, 0.25) is 0 Å². The normalized spacial score (nSPS) is 17.5. The van der Waals surface area contributed by atoms with Gasteiger partial charge in [-0.25, -0.2) is 4.79 Å². The number of hydrogen-bond acceptors (Lipinski definition) is 3. The van der Waals surface area contributed by atoms with Crippen LogP contribution in [0.3, 0.4) is 0 Å². The molecule has 0 radical (unpaired) electrons. The van der Waals surface area contributed by atoms with Gasteiger partial charge in [0.15, 0.2) is 0 Å². The second-order valence-electron chi connectivity index (χ2n) is 8.13. The predicted octanol–water partition coefficient (Wildman–Crippen LogP) is 4.10. The topological polar surface area (TPSA) is 64.7 Å². The Morgan fingerprint density at radius 1 is 0.800 bits per heavy atom. The summed E-state index contributed by atoms with van der Waals surface area (Å²) in [5.74, 6) is 0.0961. The SMILES string of the molecule is O=C(Nc1ccc(N2CCN(C(=O)c3ccccc3)CC2)cc1)NC1CCCCC1. The molecule has 0 spiro atoms. The summed E-state index contributed by atoms with van der Waals surface area (Å²) in [5.41, 5.74) is 2.65. The smallest absolute Gasteiger partial charge is 0.319 e. The fourth-order valence-electron chi connectivity index (χ4n) is 4.29. The van der Waals surface area contributed by atoms with Crippen molar-refractivity contribution in [1.82, 2.24) is 10.2 Å². The highest BCUT2D eigenvalue weighted by atomic mass is 16.2. The third-order valence-electron chi connectivity index (χ3n) is 6.02. The average molecular weight is 407 g/mol. The van der Waals surface area contributed by atoms with Gasteiger partial charge in [-0.05, 0) is 49.2 Å². The molecule has 1 saturated heterocycles. The van der Waals surface area contributed by atoms with Crippen LogP contribution < -0.4 is 15.5 Å². The molecule has 158 valence electrons. The highest BCUT2D eigenvalue weighted by molar-refractivity contribution is 5.94. The summed E-state index contributed by atoms with van der Waals surface area (Å²) >= 11 is 0. The lowest BCUT2D eigenvalue weighted by Gasteiger charge is -2.36. The Hall–Kier alpha value is -3.02. The van der Waals surface area contributed by atoms with Crippen molar-refractivity contribution in [2.24, 2.45) is 0 Å². The van der Waals surface area contributed by atoms with Gasteiger partial charge in [-0.1, -0.05) is 37.5 Å². The Morgan fingerprint density at radius 2 is 1.47 bits per heavy atom. The molecule has 2 fully saturated rings. The number of amides is 3. The summed E-state index contributed by atoms with van der Waals surface area (Å²) in [5, 5.41) is 6.01. The van der Waals surface area contributed by atoms with Crippen molar-refractivity contribution in [3.8, 4) is 0 Å². The van der Waals surface area contributed by atoms with Gasteiger partial charge < -0.3 is 20.4 Å². The van der Waals surface area contributed by atoms with Crippen LogP contribution >= 0.6 is 0 Å². The van der Waals surface area contributed by atoms with Crippen molar-refractivity contribution in [2.75, 3.05) is 36.4 Å². The van der Waals surface area contributed by atoms with E-state index in [9.17, 15) is 9.59 Å². The van der Waals surface area contributed by atoms with Crippen molar-refractivity contribution in [2.45, 2.75) is 38.1 Å². The maximum Gasteiger partial charge on any atom is 0.319 e. The van der Waals surface area contributed by atoms with E-state index in [-0.39, 0.29) is 11.9 Å². The van der Waals surface area contributed by atoms with E-state index in [1.54, 1.807) is 0 Å². The highest BCUT2D eigenvalue weighted by Gasteiger charge is 2.22. The van der Waals surface area contributed by atoms with Gasteiger partial charge in [-0.3, -0.25) is 4.79 Å². The zero-order valence-corrected chi connectivity index (χ0v) is 17.3. The van der Waals surface area contributed by atoms with Gasteiger partial charge in [0, 0.05) is 49.2 Å². The Morgan fingerprint density at radius 3 is 2.13 bits per heavy atom. The predicted molar refractivity (Wildman–Crippen MR) is 120 cm³/mol. The maximum absolute atomic E-state index is 12.6. The number of benzene rings is 2. The number of carbonyl (C=O) groups is 2. The second-order valence-corrected chi connectivity index (χ2v) is 8.13. The third-order valence-corrected chi connectivity index (χ3v) is 6.02. The summed E-state index contributed by atoms with van der Waals surface area (Å²) in [6.45, 7) is 3.01. The monoisotopic (exact) mass is 406 g/mol. The van der Waals surface area contributed by atoms with Crippen molar-refractivity contribution < 1.29 is 9.59 Å². The van der Waals surface area contributed by atoms with Crippen molar-refractivity contribution >= 4 is 23.3 Å². The number of rotatable bonds is 4. The lowest BCUT2D eigenvalue weighted by Crippen LogP contribution is -2.48. The highest BCUT2D eigenvalue weighted by Crippen LogP contribution is 2.21. The molecule has 1 aliphatic carbocycles. The Kier molecular flexibility index (Phi) is 6.52. The fraction of sp³-hybridized carbons (Fsp3) is 0.417. The van der Waals surface area contributed by atoms with Crippen LogP contribution in [0, 0.1) is 0 Å². The first-order chi connectivity index (χ1) is 14.7. The molecule has 0 aromatic heterocycles. The molecule has 1 saturated carbocycles. The first kappa shape index (κ1) is 20.3. The lowest BCUT2D eigenvalue weighted by atomic mass is 9.96. The molecule has 2 N–H and O–H groups in total. The number of urea groups is 1. The minimum atomic E-state index is -0.123. The van der Waals surface area contributed by atoms with Gasteiger partial charge in [0.25, 0.3) is 5.91 Å². The minimum Gasteiger partial charge on any atom is -0.368 e. The molecule has 3 amide bonds. The maximum atomic E-state index is 12.6. The molecule has 30 heavy (non-hydrogen) atoms. The fourth-order valence-corrected chi connectivity index (χ4v) is 4.29. The van der Waals surface area contributed by atoms with E-state index in [4.69, 9.17) is 0 Å². The van der Waals surface area contributed by atoms with Gasteiger partial charge in [0.05, 0.1) is 0 Å². The van der Waals surface area contributed by atoms with Gasteiger partial charge in [-0.2, -0.15) is 0 Å². The number of hydrogen-bond donors (Lipinski definition) is 2. The largest absolute Gasteiger partial charge is 0.368 e. The van der Waals surface area contributed by atoms with E-state index < -0.39 is 0 Å². The zero-order chi connectivity index (χ0) is 20.8. The Balaban J connectivity index is 1.26. The third kappa shape index (κ3) is 5.12. The number of nitrogens with one attached hydrogen (secondary N) is 2. The summed E-state index contributed by atoms with van der Waals surface area (Å²) in [6, 6.07) is 17.6. The molecule has 1 heterocycles. The molecule has 4 rings (SSSR count). The summed E-state index contributed by atoms with van der Waals surface area (Å²) < 4.78 is 0. The van der Waals surface area contributed by atoms with Crippen LogP contribution in [0.5, 0.6) is 0 Å².